The summed E-state index contributed by atoms with van der Waals surface area (Å²) >= 11 is 0. The minimum absolute atomic E-state index is 0.141. The molecule has 0 aromatic heterocycles. The minimum atomic E-state index is -0.318. The van der Waals surface area contributed by atoms with Crippen molar-refractivity contribution in [3.8, 4) is 0 Å². The van der Waals surface area contributed by atoms with Gasteiger partial charge in [-0.25, -0.2) is 0 Å². The highest BCUT2D eigenvalue weighted by molar-refractivity contribution is 5.29. The Hall–Kier alpha value is -0.860. The Labute approximate surface area is 123 Å². The van der Waals surface area contributed by atoms with Gasteiger partial charge in [0.25, 0.3) is 0 Å². The maximum Gasteiger partial charge on any atom is 0.0758 e. The van der Waals surface area contributed by atoms with Gasteiger partial charge < -0.3 is 5.11 Å². The van der Waals surface area contributed by atoms with E-state index in [1.54, 1.807) is 0 Å². The number of piperidine rings is 1. The summed E-state index contributed by atoms with van der Waals surface area (Å²) in [6, 6.07) is 6.58. The van der Waals surface area contributed by atoms with Gasteiger partial charge in [0.15, 0.2) is 0 Å². The summed E-state index contributed by atoms with van der Waals surface area (Å²) in [7, 11) is 0. The lowest BCUT2D eigenvalue weighted by Gasteiger charge is -2.44. The lowest BCUT2D eigenvalue weighted by atomic mass is 9.88. The summed E-state index contributed by atoms with van der Waals surface area (Å²) in [4.78, 5) is 2.46. The molecule has 2 heteroatoms. The van der Waals surface area contributed by atoms with Crippen molar-refractivity contribution in [2.45, 2.75) is 65.0 Å². The summed E-state index contributed by atoms with van der Waals surface area (Å²) < 4.78 is 0. The fourth-order valence-electron chi connectivity index (χ4n) is 3.34. The van der Waals surface area contributed by atoms with Crippen LogP contribution in [-0.4, -0.2) is 34.7 Å². The van der Waals surface area contributed by atoms with Crippen molar-refractivity contribution in [3.05, 3.63) is 34.9 Å². The van der Waals surface area contributed by atoms with Gasteiger partial charge in [0.1, 0.15) is 0 Å². The standard InChI is InChI=1S/C18H29NO/c1-14-10-15(2)12-16(11-14)13-17(20)18(3,4)19-8-6-5-7-9-19/h10-12,17,20H,5-9,13H2,1-4H3. The van der Waals surface area contributed by atoms with Crippen molar-refractivity contribution in [2.24, 2.45) is 0 Å². The van der Waals surface area contributed by atoms with E-state index in [1.807, 2.05) is 0 Å². The van der Waals surface area contributed by atoms with Gasteiger partial charge in [-0.15, -0.1) is 0 Å². The van der Waals surface area contributed by atoms with Crippen molar-refractivity contribution in [1.29, 1.82) is 0 Å². The highest BCUT2D eigenvalue weighted by atomic mass is 16.3. The fraction of sp³-hybridized carbons (Fsp3) is 0.667. The van der Waals surface area contributed by atoms with E-state index in [1.165, 1.54) is 36.0 Å². The zero-order valence-corrected chi connectivity index (χ0v) is 13.4. The molecule has 2 rings (SSSR count). The number of likely N-dealkylation sites (tertiary alicyclic amines) is 1. The van der Waals surface area contributed by atoms with Crippen molar-refractivity contribution in [2.75, 3.05) is 13.1 Å². The molecule has 1 aromatic carbocycles. The Balaban J connectivity index is 2.07. The van der Waals surface area contributed by atoms with Crippen molar-refractivity contribution in [3.63, 3.8) is 0 Å². The number of hydrogen-bond acceptors (Lipinski definition) is 2. The van der Waals surface area contributed by atoms with Gasteiger partial charge in [-0.1, -0.05) is 35.7 Å². The third-order valence-electron chi connectivity index (χ3n) is 4.70. The van der Waals surface area contributed by atoms with E-state index in [-0.39, 0.29) is 11.6 Å². The molecule has 0 amide bonds. The molecule has 1 heterocycles. The maximum atomic E-state index is 10.7. The summed E-state index contributed by atoms with van der Waals surface area (Å²) in [5, 5.41) is 10.7. The molecular formula is C18H29NO. The molecule has 1 saturated heterocycles. The normalized spacial score (nSPS) is 19.1. The van der Waals surface area contributed by atoms with Crippen LogP contribution >= 0.6 is 0 Å². The van der Waals surface area contributed by atoms with Gasteiger partial charge >= 0.3 is 0 Å². The molecule has 0 aliphatic carbocycles. The largest absolute Gasteiger partial charge is 0.391 e. The molecule has 1 aliphatic heterocycles. The number of benzene rings is 1. The van der Waals surface area contributed by atoms with Crippen LogP contribution in [0.2, 0.25) is 0 Å². The fourth-order valence-corrected chi connectivity index (χ4v) is 3.34. The van der Waals surface area contributed by atoms with Crippen LogP contribution in [0, 0.1) is 13.8 Å². The van der Waals surface area contributed by atoms with Crippen LogP contribution in [0.4, 0.5) is 0 Å². The second kappa shape index (κ2) is 6.28. The number of nitrogens with zero attached hydrogens (tertiary/aromatic N) is 1. The van der Waals surface area contributed by atoms with Gasteiger partial charge in [0.2, 0.25) is 0 Å². The number of aryl methyl sites for hydroxylation is 2. The van der Waals surface area contributed by atoms with E-state index >= 15 is 0 Å². The molecule has 1 aromatic rings. The van der Waals surface area contributed by atoms with Crippen molar-refractivity contribution >= 4 is 0 Å². The van der Waals surface area contributed by atoms with E-state index in [9.17, 15) is 5.11 Å². The second-order valence-corrected chi connectivity index (χ2v) is 6.92. The average Bonchev–Trinajstić information content (AvgIpc) is 2.38. The monoisotopic (exact) mass is 275 g/mol. The maximum absolute atomic E-state index is 10.7. The van der Waals surface area contributed by atoms with Gasteiger partial charge in [-0.3, -0.25) is 4.90 Å². The molecule has 1 unspecified atom stereocenters. The van der Waals surface area contributed by atoms with Crippen LogP contribution in [0.5, 0.6) is 0 Å². The number of rotatable bonds is 4. The molecule has 20 heavy (non-hydrogen) atoms. The van der Waals surface area contributed by atoms with Gasteiger partial charge in [0.05, 0.1) is 6.10 Å². The van der Waals surface area contributed by atoms with E-state index in [0.29, 0.717) is 0 Å². The molecule has 0 bridgehead atoms. The Morgan fingerprint density at radius 1 is 1.05 bits per heavy atom. The molecule has 2 nitrogen and oxygen atoms in total. The molecular weight excluding hydrogens is 246 g/mol. The summed E-state index contributed by atoms with van der Waals surface area (Å²) in [6.45, 7) is 10.9. The Kier molecular flexibility index (Phi) is 4.87. The minimum Gasteiger partial charge on any atom is -0.391 e. The Morgan fingerprint density at radius 2 is 1.60 bits per heavy atom. The van der Waals surface area contributed by atoms with Gasteiger partial charge in [-0.2, -0.15) is 0 Å². The van der Waals surface area contributed by atoms with Crippen LogP contribution in [0.25, 0.3) is 0 Å². The summed E-state index contributed by atoms with van der Waals surface area (Å²) in [6.07, 6.45) is 4.28. The third kappa shape index (κ3) is 3.62. The first kappa shape index (κ1) is 15.5. The van der Waals surface area contributed by atoms with Crippen molar-refractivity contribution < 1.29 is 5.11 Å². The zero-order valence-electron chi connectivity index (χ0n) is 13.4. The summed E-state index contributed by atoms with van der Waals surface area (Å²) in [5.74, 6) is 0. The quantitative estimate of drug-likeness (QED) is 0.909. The first-order valence-electron chi connectivity index (χ1n) is 7.90. The predicted octanol–water partition coefficient (Wildman–Crippen LogP) is 3.47. The molecule has 0 radical (unpaired) electrons. The molecule has 1 aliphatic rings. The molecule has 1 atom stereocenters. The highest BCUT2D eigenvalue weighted by Gasteiger charge is 2.34. The van der Waals surface area contributed by atoms with Gasteiger partial charge in [0, 0.05) is 12.0 Å². The molecule has 1 N–H and O–H groups in total. The third-order valence-corrected chi connectivity index (χ3v) is 4.70. The Morgan fingerprint density at radius 3 is 2.15 bits per heavy atom. The Bertz CT molecular complexity index is 426. The van der Waals surface area contributed by atoms with Crippen LogP contribution in [-0.2, 0) is 6.42 Å². The van der Waals surface area contributed by atoms with E-state index in [0.717, 1.165) is 19.5 Å². The molecule has 0 saturated carbocycles. The molecule has 0 spiro atoms. The zero-order chi connectivity index (χ0) is 14.8. The van der Waals surface area contributed by atoms with Crippen LogP contribution in [0.3, 0.4) is 0 Å². The first-order valence-corrected chi connectivity index (χ1v) is 7.90. The number of aliphatic hydroxyl groups excluding tert-OH is 1. The molecule has 112 valence electrons. The topological polar surface area (TPSA) is 23.5 Å². The average molecular weight is 275 g/mol. The van der Waals surface area contributed by atoms with Crippen LogP contribution in [0.15, 0.2) is 18.2 Å². The van der Waals surface area contributed by atoms with E-state index < -0.39 is 0 Å². The summed E-state index contributed by atoms with van der Waals surface area (Å²) in [5.41, 5.74) is 3.67. The van der Waals surface area contributed by atoms with Crippen LogP contribution in [0.1, 0.15) is 49.8 Å². The second-order valence-electron chi connectivity index (χ2n) is 6.92. The lowest BCUT2D eigenvalue weighted by molar-refractivity contribution is -0.0187. The van der Waals surface area contributed by atoms with Crippen molar-refractivity contribution in [1.82, 2.24) is 4.90 Å². The van der Waals surface area contributed by atoms with E-state index in [2.05, 4.69) is 50.8 Å². The van der Waals surface area contributed by atoms with E-state index in [4.69, 9.17) is 0 Å². The number of hydrogen-bond donors (Lipinski definition) is 1. The predicted molar refractivity (Wildman–Crippen MR) is 85.1 cm³/mol. The first-order chi connectivity index (χ1) is 9.39. The smallest absolute Gasteiger partial charge is 0.0758 e. The van der Waals surface area contributed by atoms with Crippen LogP contribution < -0.4 is 0 Å². The lowest BCUT2D eigenvalue weighted by Crippen LogP contribution is -2.54. The van der Waals surface area contributed by atoms with Gasteiger partial charge in [-0.05, 0) is 59.2 Å². The SMILES string of the molecule is Cc1cc(C)cc(CC(O)C(C)(C)N2CCCCC2)c1. The number of aliphatic hydroxyl groups is 1. The highest BCUT2D eigenvalue weighted by Crippen LogP contribution is 2.26. The molecule has 1 fully saturated rings.